The highest BCUT2D eigenvalue weighted by Gasteiger charge is 2.22. The van der Waals surface area contributed by atoms with Crippen molar-refractivity contribution in [1.82, 2.24) is 0 Å². The van der Waals surface area contributed by atoms with Crippen LogP contribution in [0.5, 0.6) is 0 Å². The Bertz CT molecular complexity index is 563. The minimum Gasteiger partial charge on any atom is -0.752 e. The van der Waals surface area contributed by atoms with E-state index in [1.165, 1.54) is 0 Å². The van der Waals surface area contributed by atoms with Crippen molar-refractivity contribution in [3.05, 3.63) is 47.2 Å². The van der Waals surface area contributed by atoms with Gasteiger partial charge in [0.15, 0.2) is 0 Å². The van der Waals surface area contributed by atoms with Crippen molar-refractivity contribution >= 4 is 22.4 Å². The Morgan fingerprint density at radius 2 is 1.93 bits per heavy atom. The first-order valence-corrected chi connectivity index (χ1v) is 4.78. The fourth-order valence-electron chi connectivity index (χ4n) is 2.06. The van der Waals surface area contributed by atoms with Gasteiger partial charge in [0.25, 0.3) is 0 Å². The van der Waals surface area contributed by atoms with Crippen LogP contribution in [0.2, 0.25) is 0 Å². The average Bonchev–Trinajstić information content (AvgIpc) is 2.56. The Labute approximate surface area is 86.5 Å². The highest BCUT2D eigenvalue weighted by atomic mass is 16.5. The maximum atomic E-state index is 11.4. The number of fused-ring (bicyclic) bond motifs is 3. The molecule has 1 aliphatic rings. The normalized spacial score (nSPS) is 14.7. The van der Waals surface area contributed by atoms with Gasteiger partial charge in [0.2, 0.25) is 5.91 Å². The van der Waals surface area contributed by atoms with Crippen LogP contribution in [0, 0.1) is 5.21 Å². The zero-order chi connectivity index (χ0) is 10.4. The summed E-state index contributed by atoms with van der Waals surface area (Å²) in [6, 6.07) is 11.4. The van der Waals surface area contributed by atoms with Gasteiger partial charge in [-0.3, -0.25) is 4.79 Å². The van der Waals surface area contributed by atoms with E-state index in [4.69, 9.17) is 0 Å². The molecule has 0 radical (unpaired) electrons. The zero-order valence-corrected chi connectivity index (χ0v) is 7.93. The largest absolute Gasteiger partial charge is 0.752 e. The van der Waals surface area contributed by atoms with E-state index in [-0.39, 0.29) is 12.3 Å². The third-order valence-corrected chi connectivity index (χ3v) is 2.79. The third-order valence-electron chi connectivity index (χ3n) is 2.79. The number of amides is 1. The second-order valence-corrected chi connectivity index (χ2v) is 3.65. The summed E-state index contributed by atoms with van der Waals surface area (Å²) in [6.45, 7) is 0. The van der Waals surface area contributed by atoms with Crippen LogP contribution in [0.3, 0.4) is 0 Å². The van der Waals surface area contributed by atoms with Gasteiger partial charge in [-0.2, -0.15) is 0 Å². The molecule has 0 bridgehead atoms. The molecule has 2 aromatic rings. The molecule has 1 aliphatic heterocycles. The number of hydrogen-bond acceptors (Lipinski definition) is 2. The summed E-state index contributed by atoms with van der Waals surface area (Å²) >= 11 is 0. The lowest BCUT2D eigenvalue weighted by molar-refractivity contribution is -0.116. The number of carbonyl (C=O) groups is 1. The Morgan fingerprint density at radius 3 is 2.80 bits per heavy atom. The summed E-state index contributed by atoms with van der Waals surface area (Å²) in [7, 11) is 0. The Balaban J connectivity index is 2.38. The van der Waals surface area contributed by atoms with Gasteiger partial charge >= 0.3 is 0 Å². The third kappa shape index (κ3) is 1.07. The molecular weight excluding hydrogens is 190 g/mol. The lowest BCUT2D eigenvalue weighted by atomic mass is 10.0. The van der Waals surface area contributed by atoms with Crippen molar-refractivity contribution in [1.29, 1.82) is 0 Å². The maximum Gasteiger partial charge on any atom is 0.220 e. The minimum atomic E-state index is -0.374. The average molecular weight is 198 g/mol. The first-order valence-electron chi connectivity index (χ1n) is 4.78. The summed E-state index contributed by atoms with van der Waals surface area (Å²) in [5.41, 5.74) is 1.35. The van der Waals surface area contributed by atoms with Gasteiger partial charge in [0, 0.05) is 5.69 Å². The van der Waals surface area contributed by atoms with Crippen LogP contribution in [0.25, 0.3) is 10.8 Å². The zero-order valence-electron chi connectivity index (χ0n) is 7.93. The van der Waals surface area contributed by atoms with Crippen LogP contribution < -0.4 is 5.06 Å². The molecule has 2 aromatic carbocycles. The predicted octanol–water partition coefficient (Wildman–Crippen LogP) is 2.23. The van der Waals surface area contributed by atoms with Crippen molar-refractivity contribution in [3.63, 3.8) is 0 Å². The summed E-state index contributed by atoms with van der Waals surface area (Å²) in [4.78, 5) is 11.3. The van der Waals surface area contributed by atoms with Crippen LogP contribution in [-0.2, 0) is 11.2 Å². The molecular formula is C12H8NO2-. The first kappa shape index (κ1) is 8.44. The number of anilines is 1. The van der Waals surface area contributed by atoms with E-state index >= 15 is 0 Å². The fourth-order valence-corrected chi connectivity index (χ4v) is 2.06. The Kier molecular flexibility index (Phi) is 1.58. The molecule has 74 valence electrons. The van der Waals surface area contributed by atoms with Gasteiger partial charge in [0.1, 0.15) is 0 Å². The molecule has 0 saturated heterocycles. The highest BCUT2D eigenvalue weighted by Crippen LogP contribution is 2.33. The first-order chi connectivity index (χ1) is 7.27. The number of hydrogen-bond donors (Lipinski definition) is 0. The maximum absolute atomic E-state index is 11.4. The number of rotatable bonds is 0. The van der Waals surface area contributed by atoms with E-state index in [1.807, 2.05) is 30.3 Å². The standard InChI is InChI=1S/C12H8NO2/c14-12-7-10-9-4-2-1-3-8(9)5-6-11(10)13(12)15/h1-6H,7H2/q-1. The molecule has 15 heavy (non-hydrogen) atoms. The minimum absolute atomic E-state index is 0.222. The van der Waals surface area contributed by atoms with Gasteiger partial charge in [-0.05, 0) is 22.4 Å². The summed E-state index contributed by atoms with van der Waals surface area (Å²) < 4.78 is 0. The smallest absolute Gasteiger partial charge is 0.220 e. The van der Waals surface area contributed by atoms with Gasteiger partial charge < -0.3 is 10.3 Å². The quantitative estimate of drug-likeness (QED) is 0.651. The van der Waals surface area contributed by atoms with Crippen LogP contribution in [0.4, 0.5) is 5.69 Å². The van der Waals surface area contributed by atoms with Gasteiger partial charge in [-0.15, -0.1) is 0 Å². The molecule has 0 spiro atoms. The fraction of sp³-hybridized carbons (Fsp3) is 0.0833. The van der Waals surface area contributed by atoms with E-state index in [0.717, 1.165) is 16.3 Å². The van der Waals surface area contributed by atoms with Gasteiger partial charge in [-0.1, -0.05) is 30.3 Å². The predicted molar refractivity (Wildman–Crippen MR) is 58.5 cm³/mol. The molecule has 0 fully saturated rings. The van der Waals surface area contributed by atoms with Crippen LogP contribution in [0.1, 0.15) is 5.56 Å². The monoisotopic (exact) mass is 198 g/mol. The number of nitrogens with zero attached hydrogens (tertiary/aromatic N) is 1. The van der Waals surface area contributed by atoms with Crippen LogP contribution >= 0.6 is 0 Å². The lowest BCUT2D eigenvalue weighted by Crippen LogP contribution is -2.18. The van der Waals surface area contributed by atoms with Crippen molar-refractivity contribution in [2.75, 3.05) is 5.06 Å². The highest BCUT2D eigenvalue weighted by molar-refractivity contribution is 6.07. The van der Waals surface area contributed by atoms with E-state index in [1.54, 1.807) is 6.07 Å². The number of benzene rings is 2. The second kappa shape index (κ2) is 2.81. The molecule has 1 amide bonds. The SMILES string of the molecule is O=C1Cc2c(ccc3ccccc23)N1[O-]. The van der Waals surface area contributed by atoms with Crippen LogP contribution in [-0.4, -0.2) is 5.91 Å². The lowest BCUT2D eigenvalue weighted by Gasteiger charge is -2.22. The Morgan fingerprint density at radius 1 is 1.13 bits per heavy atom. The molecule has 3 rings (SSSR count). The van der Waals surface area contributed by atoms with E-state index in [9.17, 15) is 10.0 Å². The Hall–Kier alpha value is -1.87. The van der Waals surface area contributed by atoms with Crippen molar-refractivity contribution in [2.45, 2.75) is 6.42 Å². The summed E-state index contributed by atoms with van der Waals surface area (Å²) in [6.07, 6.45) is 0.222. The molecule has 0 unspecified atom stereocenters. The molecule has 0 saturated carbocycles. The van der Waals surface area contributed by atoms with Crippen LogP contribution in [0.15, 0.2) is 36.4 Å². The molecule has 3 nitrogen and oxygen atoms in total. The molecule has 0 N–H and O–H groups in total. The van der Waals surface area contributed by atoms with Crippen molar-refractivity contribution in [3.8, 4) is 0 Å². The van der Waals surface area contributed by atoms with Crippen molar-refractivity contribution in [2.24, 2.45) is 0 Å². The molecule has 1 heterocycles. The molecule has 0 atom stereocenters. The second-order valence-electron chi connectivity index (χ2n) is 3.65. The topological polar surface area (TPSA) is 43.4 Å². The molecule has 0 aliphatic carbocycles. The van der Waals surface area contributed by atoms with E-state index in [2.05, 4.69) is 0 Å². The van der Waals surface area contributed by atoms with Gasteiger partial charge in [0.05, 0.1) is 6.42 Å². The molecule has 0 aromatic heterocycles. The number of carbonyl (C=O) groups excluding carboxylic acids is 1. The summed E-state index contributed by atoms with van der Waals surface area (Å²) in [5, 5.41) is 14.0. The summed E-state index contributed by atoms with van der Waals surface area (Å²) in [5.74, 6) is -0.374. The number of hydroxylamine groups is 1. The molecule has 3 heteroatoms. The van der Waals surface area contributed by atoms with E-state index in [0.29, 0.717) is 10.8 Å². The van der Waals surface area contributed by atoms with E-state index < -0.39 is 0 Å². The van der Waals surface area contributed by atoms with Crippen molar-refractivity contribution < 1.29 is 4.79 Å². The van der Waals surface area contributed by atoms with Gasteiger partial charge in [-0.25, -0.2) is 0 Å².